The topological polar surface area (TPSA) is 53.9 Å². The van der Waals surface area contributed by atoms with Crippen LogP contribution >= 0.6 is 49.7 Å². The average Bonchev–Trinajstić information content (AvgIpc) is 3.25. The molecule has 2 aromatic heterocycles. The van der Waals surface area contributed by atoms with E-state index in [0.717, 1.165) is 65.0 Å². The first-order chi connectivity index (χ1) is 17.2. The summed E-state index contributed by atoms with van der Waals surface area (Å²) in [5, 5.41) is 1.72. The van der Waals surface area contributed by atoms with Crippen molar-refractivity contribution in [1.29, 1.82) is 0 Å². The van der Waals surface area contributed by atoms with Gasteiger partial charge in [0.1, 0.15) is 0 Å². The van der Waals surface area contributed by atoms with Gasteiger partial charge in [0, 0.05) is 83.2 Å². The Balaban J connectivity index is 1.74. The second kappa shape index (κ2) is 14.5. The van der Waals surface area contributed by atoms with Gasteiger partial charge in [-0.3, -0.25) is 8.42 Å². The SMILES string of the molecule is CCn1cc(S)n(CC(C)(C)CCS(=O)CCCS(=O)CCC(C)(C)Cn2c(S)cn(CC)c2=S)c1=S. The van der Waals surface area contributed by atoms with Crippen molar-refractivity contribution in [1.82, 2.24) is 18.3 Å². The third-order valence-corrected chi connectivity index (χ3v) is 11.1. The quantitative estimate of drug-likeness (QED) is 0.168. The van der Waals surface area contributed by atoms with Crippen LogP contribution in [0.4, 0.5) is 0 Å². The van der Waals surface area contributed by atoms with Crippen LogP contribution in [0.15, 0.2) is 22.4 Å². The van der Waals surface area contributed by atoms with Crippen LogP contribution in [0, 0.1) is 20.4 Å². The van der Waals surface area contributed by atoms with E-state index in [0.29, 0.717) is 23.0 Å². The average molecular weight is 625 g/mol. The molecular weight excluding hydrogens is 581 g/mol. The maximum Gasteiger partial charge on any atom is 0.180 e. The first kappa shape index (κ1) is 33.1. The minimum absolute atomic E-state index is 0.0480. The normalized spacial score (nSPS) is 14.3. The molecule has 2 unspecified atom stereocenters. The number of rotatable bonds is 16. The Labute approximate surface area is 249 Å². The summed E-state index contributed by atoms with van der Waals surface area (Å²) in [5.41, 5.74) is -0.0961. The van der Waals surface area contributed by atoms with E-state index in [-0.39, 0.29) is 10.8 Å². The summed E-state index contributed by atoms with van der Waals surface area (Å²) in [5.74, 6) is 2.47. The first-order valence-electron chi connectivity index (χ1n) is 12.9. The highest BCUT2D eigenvalue weighted by Crippen LogP contribution is 2.27. The summed E-state index contributed by atoms with van der Waals surface area (Å²) < 4.78 is 35.0. The molecule has 0 fully saturated rings. The number of thiol groups is 2. The van der Waals surface area contributed by atoms with Gasteiger partial charge in [0.15, 0.2) is 9.54 Å². The van der Waals surface area contributed by atoms with E-state index in [1.54, 1.807) is 0 Å². The predicted molar refractivity (Wildman–Crippen MR) is 170 cm³/mol. The molecule has 0 aliphatic heterocycles. The second-order valence-electron chi connectivity index (χ2n) is 11.2. The van der Waals surface area contributed by atoms with Gasteiger partial charge < -0.3 is 18.3 Å². The van der Waals surface area contributed by atoms with Gasteiger partial charge in [0.25, 0.3) is 0 Å². The minimum atomic E-state index is -0.919. The molecule has 2 rings (SSSR count). The zero-order chi connectivity index (χ0) is 28.0. The number of hydrogen-bond donors (Lipinski definition) is 2. The van der Waals surface area contributed by atoms with Gasteiger partial charge in [0.05, 0.1) is 10.1 Å². The van der Waals surface area contributed by atoms with Crippen molar-refractivity contribution in [3.63, 3.8) is 0 Å². The molecule has 0 spiro atoms. The van der Waals surface area contributed by atoms with E-state index in [4.69, 9.17) is 24.4 Å². The van der Waals surface area contributed by atoms with E-state index in [2.05, 4.69) is 75.9 Å². The van der Waals surface area contributed by atoms with E-state index >= 15 is 0 Å². The van der Waals surface area contributed by atoms with Gasteiger partial charge in [-0.1, -0.05) is 27.7 Å². The first-order valence-corrected chi connectivity index (χ1v) is 17.6. The lowest BCUT2D eigenvalue weighted by Crippen LogP contribution is -2.24. The highest BCUT2D eigenvalue weighted by molar-refractivity contribution is 7.85. The Kier molecular flexibility index (Phi) is 12.9. The summed E-state index contributed by atoms with van der Waals surface area (Å²) in [4.78, 5) is 0. The molecular formula is C25H44N4O2S6. The Morgan fingerprint density at radius 2 is 1.08 bits per heavy atom. The fourth-order valence-corrected chi connectivity index (χ4v) is 8.68. The maximum atomic E-state index is 12.7. The summed E-state index contributed by atoms with van der Waals surface area (Å²) in [7, 11) is -1.84. The predicted octanol–water partition coefficient (Wildman–Crippen LogP) is 6.39. The summed E-state index contributed by atoms with van der Waals surface area (Å²) in [6.07, 6.45) is 6.32. The Hall–Kier alpha value is -0.140. The second-order valence-corrected chi connectivity index (χ2v) is 16.2. The van der Waals surface area contributed by atoms with E-state index in [9.17, 15) is 8.42 Å². The van der Waals surface area contributed by atoms with Gasteiger partial charge in [-0.2, -0.15) is 0 Å². The molecule has 12 heteroatoms. The number of nitrogens with zero attached hydrogens (tertiary/aromatic N) is 4. The summed E-state index contributed by atoms with van der Waals surface area (Å²) >= 11 is 20.3. The lowest BCUT2D eigenvalue weighted by Gasteiger charge is -2.26. The van der Waals surface area contributed by atoms with Crippen molar-refractivity contribution in [2.24, 2.45) is 10.8 Å². The Morgan fingerprint density at radius 3 is 1.38 bits per heavy atom. The lowest BCUT2D eigenvalue weighted by molar-refractivity contribution is 0.285. The van der Waals surface area contributed by atoms with Gasteiger partial charge >= 0.3 is 0 Å². The molecule has 37 heavy (non-hydrogen) atoms. The van der Waals surface area contributed by atoms with E-state index < -0.39 is 21.6 Å². The molecule has 0 aliphatic carbocycles. The van der Waals surface area contributed by atoms with Crippen LogP contribution in [0.2, 0.25) is 0 Å². The zero-order valence-electron chi connectivity index (χ0n) is 23.1. The summed E-state index contributed by atoms with van der Waals surface area (Å²) in [6.45, 7) is 16.0. The fourth-order valence-electron chi connectivity index (χ4n) is 4.16. The highest BCUT2D eigenvalue weighted by atomic mass is 32.2. The minimum Gasteiger partial charge on any atom is -0.323 e. The zero-order valence-corrected chi connectivity index (χ0v) is 28.1. The molecule has 0 radical (unpaired) electrons. The molecule has 0 saturated carbocycles. The largest absolute Gasteiger partial charge is 0.323 e. The van der Waals surface area contributed by atoms with Crippen LogP contribution in [0.3, 0.4) is 0 Å². The third kappa shape index (κ3) is 10.1. The van der Waals surface area contributed by atoms with Crippen LogP contribution in [0.25, 0.3) is 0 Å². The standard InChI is InChI=1S/C25H44N4O2S6/c1-7-26-16-20(32)28(22(26)34)18-24(3,4)10-14-36(30)12-9-13-37(31)15-11-25(5,6)19-29-21(33)17-27(8-2)23(29)35/h16-17,32-33H,7-15,18-19H2,1-6H3. The maximum absolute atomic E-state index is 12.7. The van der Waals surface area contributed by atoms with Crippen molar-refractivity contribution in [3.05, 3.63) is 21.9 Å². The summed E-state index contributed by atoms with van der Waals surface area (Å²) in [6, 6.07) is 0. The Bertz CT molecular complexity index is 1110. The molecule has 212 valence electrons. The van der Waals surface area contributed by atoms with Crippen LogP contribution in [-0.4, -0.2) is 49.7 Å². The molecule has 0 N–H and O–H groups in total. The number of imidazole rings is 2. The van der Waals surface area contributed by atoms with Crippen molar-refractivity contribution in [2.45, 2.75) is 97.0 Å². The number of aryl methyl sites for hydroxylation is 2. The van der Waals surface area contributed by atoms with Gasteiger partial charge in [-0.25, -0.2) is 0 Å². The van der Waals surface area contributed by atoms with Crippen LogP contribution in [-0.2, 0) is 47.8 Å². The van der Waals surface area contributed by atoms with E-state index in [1.165, 1.54) is 0 Å². The van der Waals surface area contributed by atoms with Crippen molar-refractivity contribution >= 4 is 71.3 Å². The molecule has 0 bridgehead atoms. The third-order valence-electron chi connectivity index (χ3n) is 6.66. The van der Waals surface area contributed by atoms with Gasteiger partial charge in [-0.15, -0.1) is 25.3 Å². The Morgan fingerprint density at radius 1 is 0.730 bits per heavy atom. The molecule has 6 nitrogen and oxygen atoms in total. The van der Waals surface area contributed by atoms with Gasteiger partial charge in [-0.05, 0) is 68.4 Å². The van der Waals surface area contributed by atoms with Crippen molar-refractivity contribution in [2.75, 3.05) is 23.0 Å². The molecule has 2 aromatic rings. The van der Waals surface area contributed by atoms with Crippen LogP contribution in [0.1, 0.15) is 60.8 Å². The van der Waals surface area contributed by atoms with Crippen LogP contribution in [0.5, 0.6) is 0 Å². The molecule has 0 aromatic carbocycles. The highest BCUT2D eigenvalue weighted by Gasteiger charge is 2.23. The van der Waals surface area contributed by atoms with Crippen molar-refractivity contribution in [3.8, 4) is 0 Å². The molecule has 0 amide bonds. The molecule has 2 atom stereocenters. The molecule has 2 heterocycles. The molecule has 0 saturated heterocycles. The van der Waals surface area contributed by atoms with Gasteiger partial charge in [0.2, 0.25) is 0 Å². The number of aromatic nitrogens is 4. The number of hydrogen-bond acceptors (Lipinski definition) is 6. The smallest absolute Gasteiger partial charge is 0.180 e. The fraction of sp³-hybridized carbons (Fsp3) is 0.760. The lowest BCUT2D eigenvalue weighted by atomic mass is 9.90. The van der Waals surface area contributed by atoms with Crippen molar-refractivity contribution < 1.29 is 8.42 Å². The van der Waals surface area contributed by atoms with E-state index in [1.807, 2.05) is 21.5 Å². The van der Waals surface area contributed by atoms with Crippen LogP contribution < -0.4 is 0 Å². The molecule has 0 aliphatic rings. The monoisotopic (exact) mass is 624 g/mol.